The largest absolute Gasteiger partial charge is 0.484 e. The van der Waals surface area contributed by atoms with Crippen LogP contribution in [0.5, 0.6) is 5.75 Å². The van der Waals surface area contributed by atoms with Crippen LogP contribution >= 0.6 is 15.9 Å². The second-order valence-electron chi connectivity index (χ2n) is 4.21. The Morgan fingerprint density at radius 2 is 1.76 bits per heavy atom. The molecule has 0 bridgehead atoms. The van der Waals surface area contributed by atoms with Gasteiger partial charge in [-0.1, -0.05) is 12.1 Å². The number of nitrogens with one attached hydrogen (secondary N) is 1. The minimum Gasteiger partial charge on any atom is -0.484 e. The van der Waals surface area contributed by atoms with E-state index in [1.54, 1.807) is 42.5 Å². The monoisotopic (exact) mass is 348 g/mol. The fraction of sp³-hybridized carbons (Fsp3) is 0.0667. The van der Waals surface area contributed by atoms with Crippen molar-refractivity contribution in [2.24, 2.45) is 5.73 Å². The predicted octanol–water partition coefficient (Wildman–Crippen LogP) is 2.57. The summed E-state index contributed by atoms with van der Waals surface area (Å²) in [6.45, 7) is -0.178. The molecule has 5 nitrogen and oxygen atoms in total. The molecule has 0 spiro atoms. The van der Waals surface area contributed by atoms with Crippen molar-refractivity contribution in [2.45, 2.75) is 0 Å². The van der Waals surface area contributed by atoms with E-state index in [1.807, 2.05) is 6.07 Å². The third kappa shape index (κ3) is 4.32. The first kappa shape index (κ1) is 15.1. The number of rotatable bonds is 5. The van der Waals surface area contributed by atoms with Crippen LogP contribution in [-0.2, 0) is 4.79 Å². The molecule has 2 amide bonds. The Hall–Kier alpha value is -2.34. The van der Waals surface area contributed by atoms with E-state index in [4.69, 9.17) is 10.5 Å². The van der Waals surface area contributed by atoms with Crippen molar-refractivity contribution in [1.82, 2.24) is 0 Å². The number of nitrogens with two attached hydrogens (primary N) is 1. The summed E-state index contributed by atoms with van der Waals surface area (Å²) >= 11 is 3.33. The van der Waals surface area contributed by atoms with E-state index in [0.717, 1.165) is 4.47 Å². The first-order valence-electron chi connectivity index (χ1n) is 6.13. The van der Waals surface area contributed by atoms with Crippen molar-refractivity contribution in [3.63, 3.8) is 0 Å². The maximum atomic E-state index is 12.1. The number of hydrogen-bond acceptors (Lipinski definition) is 3. The molecule has 0 aliphatic carbocycles. The van der Waals surface area contributed by atoms with Gasteiger partial charge in [0.15, 0.2) is 6.61 Å². The van der Waals surface area contributed by atoms with Crippen molar-refractivity contribution >= 4 is 33.4 Å². The van der Waals surface area contributed by atoms with Crippen molar-refractivity contribution in [2.75, 3.05) is 11.9 Å². The number of anilines is 1. The maximum absolute atomic E-state index is 12.1. The van der Waals surface area contributed by atoms with Gasteiger partial charge in [0.25, 0.3) is 11.8 Å². The molecule has 0 aliphatic rings. The van der Waals surface area contributed by atoms with E-state index in [1.165, 1.54) is 0 Å². The van der Waals surface area contributed by atoms with Crippen molar-refractivity contribution in [3.05, 3.63) is 58.6 Å². The lowest BCUT2D eigenvalue weighted by molar-refractivity contribution is -0.119. The van der Waals surface area contributed by atoms with Gasteiger partial charge in [-0.05, 0) is 52.3 Å². The van der Waals surface area contributed by atoms with E-state index in [0.29, 0.717) is 17.0 Å². The summed E-state index contributed by atoms with van der Waals surface area (Å²) in [6.07, 6.45) is 0. The molecule has 108 valence electrons. The number of ether oxygens (including phenoxy) is 1. The summed E-state index contributed by atoms with van der Waals surface area (Å²) in [5.74, 6) is -0.248. The van der Waals surface area contributed by atoms with Gasteiger partial charge in [0.1, 0.15) is 5.75 Å². The number of carbonyl (C=O) groups excluding carboxylic acids is 2. The topological polar surface area (TPSA) is 81.4 Å². The van der Waals surface area contributed by atoms with E-state index in [9.17, 15) is 9.59 Å². The number of carbonyl (C=O) groups is 2. The lowest BCUT2D eigenvalue weighted by Crippen LogP contribution is -2.20. The number of primary amides is 1. The first-order valence-corrected chi connectivity index (χ1v) is 6.92. The van der Waals surface area contributed by atoms with Gasteiger partial charge in [0, 0.05) is 10.2 Å². The molecule has 6 heteroatoms. The second-order valence-corrected chi connectivity index (χ2v) is 5.07. The Morgan fingerprint density at radius 1 is 1.10 bits per heavy atom. The Balaban J connectivity index is 2.02. The van der Waals surface area contributed by atoms with Crippen LogP contribution in [0, 0.1) is 0 Å². The van der Waals surface area contributed by atoms with Gasteiger partial charge < -0.3 is 15.8 Å². The summed E-state index contributed by atoms with van der Waals surface area (Å²) < 4.78 is 5.86. The zero-order valence-corrected chi connectivity index (χ0v) is 12.6. The van der Waals surface area contributed by atoms with E-state index in [-0.39, 0.29) is 12.5 Å². The molecule has 0 saturated carbocycles. The van der Waals surface area contributed by atoms with E-state index in [2.05, 4.69) is 21.2 Å². The minimum absolute atomic E-state index is 0.178. The van der Waals surface area contributed by atoms with Crippen molar-refractivity contribution in [1.29, 1.82) is 0 Å². The van der Waals surface area contributed by atoms with Gasteiger partial charge in [-0.15, -0.1) is 0 Å². The van der Waals surface area contributed by atoms with E-state index < -0.39 is 5.91 Å². The minimum atomic E-state index is -0.540. The summed E-state index contributed by atoms with van der Waals surface area (Å²) in [6, 6.07) is 13.8. The van der Waals surface area contributed by atoms with Crippen LogP contribution < -0.4 is 15.8 Å². The van der Waals surface area contributed by atoms with Gasteiger partial charge in [-0.25, -0.2) is 0 Å². The highest BCUT2D eigenvalue weighted by atomic mass is 79.9. The average Bonchev–Trinajstić information content (AvgIpc) is 2.47. The molecule has 21 heavy (non-hydrogen) atoms. The van der Waals surface area contributed by atoms with Crippen LogP contribution in [0.2, 0.25) is 0 Å². The molecule has 3 N–H and O–H groups in total. The Kier molecular flexibility index (Phi) is 4.94. The second kappa shape index (κ2) is 6.90. The zero-order chi connectivity index (χ0) is 15.2. The third-order valence-electron chi connectivity index (χ3n) is 2.61. The number of hydrogen-bond donors (Lipinski definition) is 2. The fourth-order valence-corrected chi connectivity index (χ4v) is 2.10. The van der Waals surface area contributed by atoms with Crippen LogP contribution in [0.3, 0.4) is 0 Å². The number of halogens is 1. The normalized spacial score (nSPS) is 9.95. The molecule has 0 heterocycles. The molecule has 0 atom stereocenters. The molecule has 0 aliphatic heterocycles. The number of benzene rings is 2. The molecule has 0 unspecified atom stereocenters. The van der Waals surface area contributed by atoms with Crippen LogP contribution in [0.25, 0.3) is 0 Å². The van der Waals surface area contributed by atoms with Gasteiger partial charge in [-0.3, -0.25) is 9.59 Å². The highest BCUT2D eigenvalue weighted by molar-refractivity contribution is 9.10. The maximum Gasteiger partial charge on any atom is 0.256 e. The smallest absolute Gasteiger partial charge is 0.256 e. The lowest BCUT2D eigenvalue weighted by atomic mass is 10.2. The third-order valence-corrected chi connectivity index (χ3v) is 3.30. The van der Waals surface area contributed by atoms with Crippen molar-refractivity contribution in [3.8, 4) is 5.75 Å². The molecule has 0 aromatic heterocycles. The molecule has 0 fully saturated rings. The van der Waals surface area contributed by atoms with Crippen LogP contribution in [-0.4, -0.2) is 18.4 Å². The number of amides is 2. The fourth-order valence-electron chi connectivity index (χ4n) is 1.63. The van der Waals surface area contributed by atoms with Gasteiger partial charge in [0.2, 0.25) is 0 Å². The van der Waals surface area contributed by atoms with E-state index >= 15 is 0 Å². The standard InChI is InChI=1S/C15H13BrN2O3/c16-13-4-2-1-3-12(13)15(20)18-10-5-7-11(8-6-10)21-9-14(17)19/h1-8H,9H2,(H2,17,19)(H,18,20). The van der Waals surface area contributed by atoms with Crippen LogP contribution in [0.4, 0.5) is 5.69 Å². The lowest BCUT2D eigenvalue weighted by Gasteiger charge is -2.08. The molecule has 0 saturated heterocycles. The Morgan fingerprint density at radius 3 is 2.38 bits per heavy atom. The quantitative estimate of drug-likeness (QED) is 0.871. The summed E-state index contributed by atoms with van der Waals surface area (Å²) in [7, 11) is 0. The van der Waals surface area contributed by atoms with Crippen molar-refractivity contribution < 1.29 is 14.3 Å². The van der Waals surface area contributed by atoms with Gasteiger partial charge >= 0.3 is 0 Å². The molecule has 0 radical (unpaired) electrons. The average molecular weight is 349 g/mol. The van der Waals surface area contributed by atoms with Gasteiger partial charge in [-0.2, -0.15) is 0 Å². The molecular formula is C15H13BrN2O3. The highest BCUT2D eigenvalue weighted by Crippen LogP contribution is 2.19. The summed E-state index contributed by atoms with van der Waals surface area (Å²) in [5, 5.41) is 2.78. The summed E-state index contributed by atoms with van der Waals surface area (Å²) in [4.78, 5) is 22.7. The first-order chi connectivity index (χ1) is 10.1. The molecule has 2 aromatic carbocycles. The highest BCUT2D eigenvalue weighted by Gasteiger charge is 2.09. The summed E-state index contributed by atoms with van der Waals surface area (Å²) in [5.41, 5.74) is 6.16. The zero-order valence-electron chi connectivity index (χ0n) is 11.0. The Labute approximate surface area is 130 Å². The van der Waals surface area contributed by atoms with Gasteiger partial charge in [0.05, 0.1) is 5.56 Å². The molecule has 2 rings (SSSR count). The molecular weight excluding hydrogens is 336 g/mol. The Bertz CT molecular complexity index is 656. The van der Waals surface area contributed by atoms with Crippen LogP contribution in [0.15, 0.2) is 53.0 Å². The predicted molar refractivity (Wildman–Crippen MR) is 83.2 cm³/mol. The van der Waals surface area contributed by atoms with Crippen LogP contribution in [0.1, 0.15) is 10.4 Å². The molecule has 2 aromatic rings. The SMILES string of the molecule is NC(=O)COc1ccc(NC(=O)c2ccccc2Br)cc1.